The molecule has 4 heterocycles. The zero-order valence-corrected chi connectivity index (χ0v) is 18.3. The Morgan fingerprint density at radius 3 is 2.56 bits per heavy atom. The second-order valence-electron chi connectivity index (χ2n) is 8.19. The molecule has 5 rings (SSSR count). The molecule has 34 heavy (non-hydrogen) atoms. The van der Waals surface area contributed by atoms with E-state index in [9.17, 15) is 18.0 Å². The summed E-state index contributed by atoms with van der Waals surface area (Å²) in [5.74, 6) is 5.28. The lowest BCUT2D eigenvalue weighted by Gasteiger charge is -2.25. The first-order chi connectivity index (χ1) is 16.4. The van der Waals surface area contributed by atoms with Crippen molar-refractivity contribution in [2.45, 2.75) is 32.4 Å². The van der Waals surface area contributed by atoms with Gasteiger partial charge in [0, 0.05) is 24.0 Å². The van der Waals surface area contributed by atoms with Crippen molar-refractivity contribution in [3.05, 3.63) is 88.8 Å². The minimum absolute atomic E-state index is 0.120. The monoisotopic (exact) mass is 463 g/mol. The van der Waals surface area contributed by atoms with Crippen LogP contribution < -0.4 is 0 Å². The fourth-order valence-corrected chi connectivity index (χ4v) is 4.33. The van der Waals surface area contributed by atoms with E-state index >= 15 is 0 Å². The van der Waals surface area contributed by atoms with Crippen molar-refractivity contribution in [3.8, 4) is 11.8 Å². The lowest BCUT2D eigenvalue weighted by molar-refractivity contribution is 0.0565. The third kappa shape index (κ3) is 4.03. The number of nitrogens with zero attached hydrogens (tertiary/aromatic N) is 5. The molecule has 1 aromatic carbocycles. The van der Waals surface area contributed by atoms with Gasteiger partial charge >= 0.3 is 6.55 Å². The number of amides is 1. The predicted octanol–water partition coefficient (Wildman–Crippen LogP) is 4.75. The minimum atomic E-state index is -2.73. The summed E-state index contributed by atoms with van der Waals surface area (Å²) in [6.07, 6.45) is 5.67. The number of hydrogen-bond donors (Lipinski definition) is 0. The summed E-state index contributed by atoms with van der Waals surface area (Å²) in [4.78, 5) is 15.4. The molecule has 0 spiro atoms. The molecule has 172 valence electrons. The van der Waals surface area contributed by atoms with Crippen LogP contribution in [-0.2, 0) is 0 Å². The molecule has 0 unspecified atom stereocenters. The van der Waals surface area contributed by atoms with Crippen LogP contribution in [0.5, 0.6) is 0 Å². The molecule has 1 saturated heterocycles. The van der Waals surface area contributed by atoms with Gasteiger partial charge in [0.05, 0.1) is 35.1 Å². The fourth-order valence-electron chi connectivity index (χ4n) is 4.33. The van der Waals surface area contributed by atoms with E-state index in [4.69, 9.17) is 0 Å². The number of likely N-dealkylation sites (tertiary alicyclic amines) is 1. The standard InChI is InChI=1S/C25H20F3N5O/c1-16-11-21(24(34)31-10-2-3-22(31)19-6-8-20(26)9-7-19)23-12-17(13-30-33(16)23)4-5-18-14-29-32(15-18)25(27)28/h6-9,11-15,22,25H,2-3,10H2,1H3/t22-/m0/s1. The molecule has 1 aliphatic heterocycles. The Morgan fingerprint density at radius 1 is 1.09 bits per heavy atom. The topological polar surface area (TPSA) is 55.4 Å². The van der Waals surface area contributed by atoms with E-state index in [0.717, 1.165) is 24.1 Å². The van der Waals surface area contributed by atoms with Crippen LogP contribution in [0.15, 0.2) is 55.0 Å². The summed E-state index contributed by atoms with van der Waals surface area (Å²) >= 11 is 0. The first kappa shape index (κ1) is 21.8. The molecule has 0 N–H and O–H groups in total. The average Bonchev–Trinajstić information content (AvgIpc) is 3.57. The Morgan fingerprint density at radius 2 is 1.82 bits per heavy atom. The number of carbonyl (C=O) groups excluding carboxylic acids is 1. The zero-order valence-electron chi connectivity index (χ0n) is 18.3. The highest BCUT2D eigenvalue weighted by Crippen LogP contribution is 2.34. The maximum atomic E-state index is 13.6. The van der Waals surface area contributed by atoms with E-state index in [0.29, 0.717) is 33.4 Å². The predicted molar refractivity (Wildman–Crippen MR) is 119 cm³/mol. The van der Waals surface area contributed by atoms with Gasteiger partial charge < -0.3 is 4.90 Å². The molecular weight excluding hydrogens is 443 g/mol. The van der Waals surface area contributed by atoms with E-state index in [-0.39, 0.29) is 17.8 Å². The number of alkyl halides is 2. The lowest BCUT2D eigenvalue weighted by Crippen LogP contribution is -2.30. The van der Waals surface area contributed by atoms with Crippen LogP contribution in [0, 0.1) is 24.6 Å². The molecule has 0 aliphatic carbocycles. The lowest BCUT2D eigenvalue weighted by atomic mass is 10.0. The number of hydrogen-bond acceptors (Lipinski definition) is 3. The molecule has 0 saturated carbocycles. The molecule has 1 atom stereocenters. The molecule has 0 bridgehead atoms. The van der Waals surface area contributed by atoms with E-state index < -0.39 is 6.55 Å². The van der Waals surface area contributed by atoms with Gasteiger partial charge in [-0.25, -0.2) is 13.6 Å². The Hall–Kier alpha value is -4.06. The summed E-state index contributed by atoms with van der Waals surface area (Å²) in [5, 5.41) is 7.98. The highest BCUT2D eigenvalue weighted by molar-refractivity contribution is 6.01. The molecule has 4 aromatic rings. The summed E-state index contributed by atoms with van der Waals surface area (Å²) in [5.41, 5.74) is 3.72. The van der Waals surface area contributed by atoms with Gasteiger partial charge in [0.1, 0.15) is 5.82 Å². The molecule has 1 fully saturated rings. The molecule has 1 aliphatic rings. The van der Waals surface area contributed by atoms with Crippen molar-refractivity contribution in [1.82, 2.24) is 24.3 Å². The number of benzene rings is 1. The summed E-state index contributed by atoms with van der Waals surface area (Å²) in [6, 6.07) is 9.71. The Balaban J connectivity index is 1.47. The second-order valence-corrected chi connectivity index (χ2v) is 8.19. The van der Waals surface area contributed by atoms with Gasteiger partial charge in [-0.05, 0) is 49.6 Å². The van der Waals surface area contributed by atoms with Crippen LogP contribution in [0.3, 0.4) is 0 Å². The Bertz CT molecular complexity index is 1430. The second kappa shape index (κ2) is 8.71. The molecule has 1 amide bonds. The third-order valence-corrected chi connectivity index (χ3v) is 5.95. The average molecular weight is 463 g/mol. The first-order valence-corrected chi connectivity index (χ1v) is 10.8. The van der Waals surface area contributed by atoms with Crippen LogP contribution in [-0.4, -0.2) is 36.7 Å². The number of rotatable bonds is 3. The molecule has 0 radical (unpaired) electrons. The van der Waals surface area contributed by atoms with Crippen molar-refractivity contribution in [2.24, 2.45) is 0 Å². The zero-order chi connectivity index (χ0) is 23.8. The number of halogens is 3. The van der Waals surface area contributed by atoms with Crippen LogP contribution in [0.2, 0.25) is 0 Å². The Labute approximate surface area is 193 Å². The van der Waals surface area contributed by atoms with Crippen molar-refractivity contribution in [1.29, 1.82) is 0 Å². The van der Waals surface area contributed by atoms with Crippen molar-refractivity contribution >= 4 is 11.4 Å². The van der Waals surface area contributed by atoms with Gasteiger partial charge in [-0.3, -0.25) is 4.79 Å². The van der Waals surface area contributed by atoms with Crippen molar-refractivity contribution in [3.63, 3.8) is 0 Å². The van der Waals surface area contributed by atoms with Crippen LogP contribution in [0.1, 0.15) is 58.2 Å². The van der Waals surface area contributed by atoms with Gasteiger partial charge in [-0.15, -0.1) is 0 Å². The Kier molecular flexibility index (Phi) is 5.57. The molecule has 9 heteroatoms. The largest absolute Gasteiger partial charge is 0.333 e. The quantitative estimate of drug-likeness (QED) is 0.412. The van der Waals surface area contributed by atoms with Gasteiger partial charge in [0.2, 0.25) is 0 Å². The highest BCUT2D eigenvalue weighted by atomic mass is 19.3. The van der Waals surface area contributed by atoms with E-state index in [1.165, 1.54) is 24.5 Å². The van der Waals surface area contributed by atoms with E-state index in [2.05, 4.69) is 22.0 Å². The van der Waals surface area contributed by atoms with Gasteiger partial charge in [0.25, 0.3) is 5.91 Å². The molecule has 3 aromatic heterocycles. The van der Waals surface area contributed by atoms with Crippen LogP contribution in [0.4, 0.5) is 13.2 Å². The van der Waals surface area contributed by atoms with Crippen molar-refractivity contribution < 1.29 is 18.0 Å². The molecular formula is C25H20F3N5O. The molecule has 6 nitrogen and oxygen atoms in total. The van der Waals surface area contributed by atoms with Gasteiger partial charge in [0.15, 0.2) is 0 Å². The maximum Gasteiger partial charge on any atom is 0.333 e. The van der Waals surface area contributed by atoms with Gasteiger partial charge in [-0.1, -0.05) is 24.0 Å². The smallest absolute Gasteiger partial charge is 0.332 e. The summed E-state index contributed by atoms with van der Waals surface area (Å²) < 4.78 is 41.0. The van der Waals surface area contributed by atoms with Crippen molar-refractivity contribution in [2.75, 3.05) is 6.54 Å². The van der Waals surface area contributed by atoms with Crippen LogP contribution >= 0.6 is 0 Å². The normalized spacial score (nSPS) is 15.7. The summed E-state index contributed by atoms with van der Waals surface area (Å²) in [7, 11) is 0. The van der Waals surface area contributed by atoms with E-state index in [1.807, 2.05) is 11.8 Å². The number of carbonyl (C=O) groups is 1. The third-order valence-electron chi connectivity index (χ3n) is 5.95. The number of aryl methyl sites for hydroxylation is 1. The first-order valence-electron chi connectivity index (χ1n) is 10.8. The number of aromatic nitrogens is 4. The van der Waals surface area contributed by atoms with E-state index in [1.54, 1.807) is 35.0 Å². The fraction of sp³-hybridized carbons (Fsp3) is 0.240. The number of fused-ring (bicyclic) bond motifs is 1. The van der Waals surface area contributed by atoms with Crippen LogP contribution in [0.25, 0.3) is 5.52 Å². The highest BCUT2D eigenvalue weighted by Gasteiger charge is 2.32. The minimum Gasteiger partial charge on any atom is -0.332 e. The maximum absolute atomic E-state index is 13.6. The SMILES string of the molecule is Cc1cc(C(=O)N2CCC[C@H]2c2ccc(F)cc2)c2cc(C#Cc3cnn(C(F)F)c3)cnn12. The van der Waals surface area contributed by atoms with Gasteiger partial charge in [-0.2, -0.15) is 19.0 Å². The summed E-state index contributed by atoms with van der Waals surface area (Å²) in [6.45, 7) is -0.254.